The Morgan fingerprint density at radius 2 is 2.25 bits per heavy atom. The largest absolute Gasteiger partial charge is 0.372 e. The predicted molar refractivity (Wildman–Crippen MR) is 68.0 cm³/mol. The van der Waals surface area contributed by atoms with Crippen LogP contribution in [0.25, 0.3) is 0 Å². The fourth-order valence-corrected chi connectivity index (χ4v) is 1.99. The van der Waals surface area contributed by atoms with Crippen molar-refractivity contribution in [1.82, 2.24) is 5.32 Å². The average molecular weight is 288 g/mol. The van der Waals surface area contributed by atoms with Crippen molar-refractivity contribution in [3.63, 3.8) is 0 Å². The van der Waals surface area contributed by atoms with E-state index in [0.29, 0.717) is 0 Å². The Labute approximate surface area is 103 Å². The number of anilines is 1. The molecule has 0 fully saturated rings. The fourth-order valence-electron chi connectivity index (χ4n) is 1.32. The van der Waals surface area contributed by atoms with Crippen LogP contribution >= 0.6 is 15.9 Å². The van der Waals surface area contributed by atoms with Crippen molar-refractivity contribution in [2.24, 2.45) is 0 Å². The molecular formula is C10H14BrN3O2. The molecule has 0 aliphatic rings. The molecule has 1 N–H and O–H groups in total. The molecule has 1 rings (SSSR count). The summed E-state index contributed by atoms with van der Waals surface area (Å²) in [5.74, 6) is 0. The average Bonchev–Trinajstić information content (AvgIpc) is 2.25. The minimum absolute atomic E-state index is 0.0950. The summed E-state index contributed by atoms with van der Waals surface area (Å²) in [4.78, 5) is 12.2. The van der Waals surface area contributed by atoms with Crippen LogP contribution in [0.5, 0.6) is 0 Å². The van der Waals surface area contributed by atoms with Gasteiger partial charge in [0.1, 0.15) is 0 Å². The first-order chi connectivity index (χ1) is 7.56. The highest BCUT2D eigenvalue weighted by molar-refractivity contribution is 9.10. The molecule has 0 saturated carbocycles. The lowest BCUT2D eigenvalue weighted by atomic mass is 10.2. The second-order valence-corrected chi connectivity index (χ2v) is 4.27. The summed E-state index contributed by atoms with van der Waals surface area (Å²) < 4.78 is 0.736. The number of hydrogen-bond donors (Lipinski definition) is 1. The number of rotatable bonds is 5. The molecule has 0 aromatic heterocycles. The van der Waals surface area contributed by atoms with Gasteiger partial charge in [-0.2, -0.15) is 0 Å². The molecule has 0 spiro atoms. The minimum atomic E-state index is -0.401. The molecule has 0 amide bonds. The van der Waals surface area contributed by atoms with Gasteiger partial charge in [0.05, 0.1) is 10.6 Å². The lowest BCUT2D eigenvalue weighted by Crippen LogP contribution is -2.27. The first-order valence-corrected chi connectivity index (χ1v) is 5.65. The van der Waals surface area contributed by atoms with Gasteiger partial charge in [0.15, 0.2) is 0 Å². The zero-order chi connectivity index (χ0) is 12.1. The maximum absolute atomic E-state index is 10.6. The highest BCUT2D eigenvalue weighted by Gasteiger charge is 2.11. The van der Waals surface area contributed by atoms with E-state index in [1.807, 2.05) is 19.0 Å². The Bertz CT molecular complexity index is 384. The van der Waals surface area contributed by atoms with Crippen LogP contribution in [0.4, 0.5) is 11.4 Å². The zero-order valence-electron chi connectivity index (χ0n) is 9.24. The smallest absolute Gasteiger partial charge is 0.270 e. The van der Waals surface area contributed by atoms with E-state index in [2.05, 4.69) is 21.2 Å². The number of hydrogen-bond acceptors (Lipinski definition) is 4. The van der Waals surface area contributed by atoms with Gasteiger partial charge in [0.25, 0.3) is 5.69 Å². The van der Waals surface area contributed by atoms with Crippen LogP contribution in [0.15, 0.2) is 22.7 Å². The number of nitro groups is 1. The molecule has 0 bridgehead atoms. The SMILES string of the molecule is CNCCN(C)c1ccc([N+](=O)[O-])cc1Br. The summed E-state index contributed by atoms with van der Waals surface area (Å²) >= 11 is 3.34. The molecule has 1 aromatic rings. The van der Waals surface area contributed by atoms with E-state index in [-0.39, 0.29) is 5.69 Å². The van der Waals surface area contributed by atoms with E-state index < -0.39 is 4.92 Å². The standard InChI is InChI=1S/C10H14BrN3O2/c1-12-5-6-13(2)10-4-3-8(14(15)16)7-9(10)11/h3-4,7,12H,5-6H2,1-2H3. The number of halogens is 1. The van der Waals surface area contributed by atoms with E-state index in [9.17, 15) is 10.1 Å². The Kier molecular flexibility index (Phi) is 4.70. The number of nitrogens with zero attached hydrogens (tertiary/aromatic N) is 2. The third kappa shape index (κ3) is 3.18. The van der Waals surface area contributed by atoms with Gasteiger partial charge in [0.2, 0.25) is 0 Å². The van der Waals surface area contributed by atoms with Gasteiger partial charge in [-0.3, -0.25) is 10.1 Å². The topological polar surface area (TPSA) is 58.4 Å². The second kappa shape index (κ2) is 5.81. The van der Waals surface area contributed by atoms with E-state index in [4.69, 9.17) is 0 Å². The third-order valence-electron chi connectivity index (χ3n) is 2.25. The molecule has 88 valence electrons. The summed E-state index contributed by atoms with van der Waals surface area (Å²) in [7, 11) is 3.84. The highest BCUT2D eigenvalue weighted by atomic mass is 79.9. The maximum atomic E-state index is 10.6. The molecule has 0 unspecified atom stereocenters. The van der Waals surface area contributed by atoms with Crippen molar-refractivity contribution in [3.8, 4) is 0 Å². The first-order valence-electron chi connectivity index (χ1n) is 4.86. The van der Waals surface area contributed by atoms with Crippen molar-refractivity contribution in [2.75, 3.05) is 32.1 Å². The van der Waals surface area contributed by atoms with E-state index in [1.54, 1.807) is 6.07 Å². The Morgan fingerprint density at radius 1 is 1.56 bits per heavy atom. The van der Waals surface area contributed by atoms with Gasteiger partial charge in [-0.15, -0.1) is 0 Å². The summed E-state index contributed by atoms with van der Waals surface area (Å²) in [6.07, 6.45) is 0. The Hall–Kier alpha value is -1.14. The van der Waals surface area contributed by atoms with Crippen LogP contribution < -0.4 is 10.2 Å². The molecule has 0 heterocycles. The molecule has 0 saturated heterocycles. The summed E-state index contributed by atoms with van der Waals surface area (Å²) in [5, 5.41) is 13.6. The predicted octanol–water partition coefficient (Wildman–Crippen LogP) is 2.01. The van der Waals surface area contributed by atoms with Gasteiger partial charge >= 0.3 is 0 Å². The number of nitrogens with one attached hydrogen (secondary N) is 1. The van der Waals surface area contributed by atoms with E-state index >= 15 is 0 Å². The van der Waals surface area contributed by atoms with Gasteiger partial charge < -0.3 is 10.2 Å². The Balaban J connectivity index is 2.85. The van der Waals surface area contributed by atoms with Gasteiger partial charge in [-0.1, -0.05) is 0 Å². The molecule has 1 aromatic carbocycles. The van der Waals surface area contributed by atoms with Gasteiger partial charge in [0, 0.05) is 36.7 Å². The van der Waals surface area contributed by atoms with Crippen molar-refractivity contribution in [2.45, 2.75) is 0 Å². The van der Waals surface area contributed by atoms with Crippen LogP contribution in [-0.2, 0) is 0 Å². The maximum Gasteiger partial charge on any atom is 0.270 e. The van der Waals surface area contributed by atoms with Crippen LogP contribution in [0.3, 0.4) is 0 Å². The molecule has 6 heteroatoms. The number of non-ortho nitro benzene ring substituents is 1. The third-order valence-corrected chi connectivity index (χ3v) is 2.89. The van der Waals surface area contributed by atoms with Gasteiger partial charge in [-0.25, -0.2) is 0 Å². The van der Waals surface area contributed by atoms with Crippen LogP contribution in [0, 0.1) is 10.1 Å². The normalized spacial score (nSPS) is 10.2. The molecule has 0 radical (unpaired) electrons. The van der Waals surface area contributed by atoms with Crippen LogP contribution in [0.2, 0.25) is 0 Å². The van der Waals surface area contributed by atoms with Crippen molar-refractivity contribution in [3.05, 3.63) is 32.8 Å². The minimum Gasteiger partial charge on any atom is -0.372 e. The molecule has 0 aliphatic heterocycles. The molecular weight excluding hydrogens is 274 g/mol. The lowest BCUT2D eigenvalue weighted by molar-refractivity contribution is -0.384. The van der Waals surface area contributed by atoms with E-state index in [0.717, 1.165) is 23.2 Å². The monoisotopic (exact) mass is 287 g/mol. The molecule has 0 atom stereocenters. The quantitative estimate of drug-likeness (QED) is 0.665. The summed E-state index contributed by atoms with van der Waals surface area (Å²) in [5.41, 5.74) is 1.04. The van der Waals surface area contributed by atoms with Crippen LogP contribution in [-0.4, -0.2) is 32.1 Å². The number of likely N-dealkylation sites (N-methyl/N-ethyl adjacent to an activating group) is 2. The zero-order valence-corrected chi connectivity index (χ0v) is 10.8. The molecule has 16 heavy (non-hydrogen) atoms. The second-order valence-electron chi connectivity index (χ2n) is 3.42. The van der Waals surface area contributed by atoms with Crippen molar-refractivity contribution >= 4 is 27.3 Å². The summed E-state index contributed by atoms with van der Waals surface area (Å²) in [6, 6.07) is 4.78. The fraction of sp³-hybridized carbons (Fsp3) is 0.400. The molecule has 5 nitrogen and oxygen atoms in total. The van der Waals surface area contributed by atoms with Crippen LogP contribution in [0.1, 0.15) is 0 Å². The highest BCUT2D eigenvalue weighted by Crippen LogP contribution is 2.29. The van der Waals surface area contributed by atoms with Crippen molar-refractivity contribution in [1.29, 1.82) is 0 Å². The van der Waals surface area contributed by atoms with Crippen molar-refractivity contribution < 1.29 is 4.92 Å². The molecule has 0 aliphatic carbocycles. The van der Waals surface area contributed by atoms with Gasteiger partial charge in [-0.05, 0) is 29.0 Å². The number of nitro benzene ring substituents is 1. The Morgan fingerprint density at radius 3 is 2.75 bits per heavy atom. The lowest BCUT2D eigenvalue weighted by Gasteiger charge is -2.20. The van der Waals surface area contributed by atoms with E-state index in [1.165, 1.54) is 12.1 Å². The first kappa shape index (κ1) is 12.9. The number of benzene rings is 1. The summed E-state index contributed by atoms with van der Waals surface area (Å²) in [6.45, 7) is 1.70.